The maximum absolute atomic E-state index is 13.6. The van der Waals surface area contributed by atoms with Crippen molar-refractivity contribution in [3.63, 3.8) is 0 Å². The summed E-state index contributed by atoms with van der Waals surface area (Å²) in [6.45, 7) is 0. The van der Waals surface area contributed by atoms with E-state index < -0.39 is 17.4 Å². The van der Waals surface area contributed by atoms with Crippen LogP contribution in [0.2, 0.25) is 0 Å². The van der Waals surface area contributed by atoms with Gasteiger partial charge in [-0.05, 0) is 28.5 Å². The molecule has 21 heavy (non-hydrogen) atoms. The Kier molecular flexibility index (Phi) is 3.48. The summed E-state index contributed by atoms with van der Waals surface area (Å²) < 4.78 is 26.8. The van der Waals surface area contributed by atoms with Gasteiger partial charge in [-0.15, -0.1) is 0 Å². The second-order valence-electron chi connectivity index (χ2n) is 4.88. The zero-order valence-corrected chi connectivity index (χ0v) is 11.1. The van der Waals surface area contributed by atoms with Crippen molar-refractivity contribution < 1.29 is 13.6 Å². The molecule has 0 fully saturated rings. The monoisotopic (exact) mass is 282 g/mol. The van der Waals surface area contributed by atoms with Gasteiger partial charge in [0.05, 0.1) is 5.56 Å². The molecule has 104 valence electrons. The Morgan fingerprint density at radius 2 is 1.62 bits per heavy atom. The first-order chi connectivity index (χ1) is 10.1. The topological polar surface area (TPSA) is 17.1 Å². The van der Waals surface area contributed by atoms with Crippen LogP contribution >= 0.6 is 0 Å². The molecule has 0 saturated heterocycles. The van der Waals surface area contributed by atoms with E-state index in [9.17, 15) is 13.6 Å². The number of benzene rings is 3. The number of rotatable bonds is 3. The normalized spacial score (nSPS) is 10.8. The Hall–Kier alpha value is -2.55. The van der Waals surface area contributed by atoms with Gasteiger partial charge in [0.25, 0.3) is 0 Å². The molecule has 0 radical (unpaired) electrons. The molecule has 0 spiro atoms. The molecule has 0 N–H and O–H groups in total. The molecule has 3 aromatic carbocycles. The second kappa shape index (κ2) is 5.44. The molecular weight excluding hydrogens is 270 g/mol. The van der Waals surface area contributed by atoms with Crippen LogP contribution in [0.25, 0.3) is 10.8 Å². The van der Waals surface area contributed by atoms with Crippen molar-refractivity contribution in [2.45, 2.75) is 6.42 Å². The molecule has 3 rings (SSSR count). The molecular formula is C18H12F2O. The van der Waals surface area contributed by atoms with Gasteiger partial charge in [-0.1, -0.05) is 48.5 Å². The molecule has 0 aliphatic carbocycles. The van der Waals surface area contributed by atoms with Gasteiger partial charge in [-0.3, -0.25) is 4.79 Å². The average Bonchev–Trinajstić information content (AvgIpc) is 2.50. The lowest BCUT2D eigenvalue weighted by Gasteiger charge is -2.05. The molecule has 0 aromatic heterocycles. The number of hydrogen-bond donors (Lipinski definition) is 0. The predicted molar refractivity (Wildman–Crippen MR) is 78.3 cm³/mol. The van der Waals surface area contributed by atoms with Crippen LogP contribution in [0.5, 0.6) is 0 Å². The van der Waals surface area contributed by atoms with Crippen LogP contribution in [0.1, 0.15) is 15.9 Å². The maximum Gasteiger partial charge on any atom is 0.170 e. The Morgan fingerprint density at radius 3 is 2.43 bits per heavy atom. The largest absolute Gasteiger partial charge is 0.294 e. The minimum atomic E-state index is -1.08. The first kappa shape index (κ1) is 13.4. The van der Waals surface area contributed by atoms with Crippen LogP contribution in [0.15, 0.2) is 60.7 Å². The Labute approximate surface area is 120 Å². The fraction of sp³-hybridized carbons (Fsp3) is 0.0556. The number of carbonyl (C=O) groups excluding carboxylic acids is 1. The minimum Gasteiger partial charge on any atom is -0.294 e. The van der Waals surface area contributed by atoms with E-state index in [0.717, 1.165) is 22.4 Å². The highest BCUT2D eigenvalue weighted by Crippen LogP contribution is 2.18. The Morgan fingerprint density at radius 1 is 0.857 bits per heavy atom. The molecule has 0 saturated carbocycles. The molecule has 0 amide bonds. The van der Waals surface area contributed by atoms with E-state index in [0.29, 0.717) is 0 Å². The van der Waals surface area contributed by atoms with Crippen molar-refractivity contribution >= 4 is 16.6 Å². The number of carbonyl (C=O) groups is 1. The molecule has 0 aliphatic rings. The van der Waals surface area contributed by atoms with Gasteiger partial charge in [-0.25, -0.2) is 8.78 Å². The van der Waals surface area contributed by atoms with Crippen LogP contribution in [-0.2, 0) is 6.42 Å². The molecule has 0 heterocycles. The number of hydrogen-bond acceptors (Lipinski definition) is 1. The van der Waals surface area contributed by atoms with Crippen LogP contribution in [0.4, 0.5) is 8.78 Å². The molecule has 1 nitrogen and oxygen atoms in total. The zero-order chi connectivity index (χ0) is 14.8. The van der Waals surface area contributed by atoms with E-state index in [1.807, 2.05) is 42.5 Å². The highest BCUT2D eigenvalue weighted by Gasteiger charge is 2.15. The van der Waals surface area contributed by atoms with Gasteiger partial charge >= 0.3 is 0 Å². The lowest BCUT2D eigenvalue weighted by molar-refractivity contribution is 0.0988. The van der Waals surface area contributed by atoms with E-state index in [-0.39, 0.29) is 12.0 Å². The fourth-order valence-corrected chi connectivity index (χ4v) is 2.35. The van der Waals surface area contributed by atoms with E-state index in [4.69, 9.17) is 0 Å². The maximum atomic E-state index is 13.6. The highest BCUT2D eigenvalue weighted by molar-refractivity contribution is 5.98. The summed E-state index contributed by atoms with van der Waals surface area (Å²) in [6, 6.07) is 17.1. The van der Waals surface area contributed by atoms with Crippen molar-refractivity contribution in [2.75, 3.05) is 0 Å². The summed E-state index contributed by atoms with van der Waals surface area (Å²) >= 11 is 0. The first-order valence-corrected chi connectivity index (χ1v) is 6.60. The Bertz CT molecular complexity index is 824. The zero-order valence-electron chi connectivity index (χ0n) is 11.1. The molecule has 3 aromatic rings. The quantitative estimate of drug-likeness (QED) is 0.644. The summed E-state index contributed by atoms with van der Waals surface area (Å²) in [5.74, 6) is -2.51. The molecule has 0 unspecified atom stereocenters. The number of ketones is 1. The van der Waals surface area contributed by atoms with Crippen LogP contribution < -0.4 is 0 Å². The first-order valence-electron chi connectivity index (χ1n) is 6.60. The summed E-state index contributed by atoms with van der Waals surface area (Å²) in [4.78, 5) is 12.1. The number of fused-ring (bicyclic) bond motifs is 1. The third-order valence-corrected chi connectivity index (χ3v) is 3.43. The smallest absolute Gasteiger partial charge is 0.170 e. The molecule has 0 bridgehead atoms. The van der Waals surface area contributed by atoms with Crippen LogP contribution in [0, 0.1) is 11.6 Å². The lowest BCUT2D eigenvalue weighted by atomic mass is 10.00. The standard InChI is InChI=1S/C18H12F2O/c19-16-7-3-6-15(18(16)20)17(21)11-12-8-9-13-4-1-2-5-14(13)10-12/h1-10H,11H2. The lowest BCUT2D eigenvalue weighted by Crippen LogP contribution is -2.07. The third kappa shape index (κ3) is 2.68. The fourth-order valence-electron chi connectivity index (χ4n) is 2.35. The van der Waals surface area contributed by atoms with E-state index in [1.165, 1.54) is 12.1 Å². The van der Waals surface area contributed by atoms with Gasteiger partial charge in [0.15, 0.2) is 17.4 Å². The molecule has 3 heteroatoms. The van der Waals surface area contributed by atoms with Crippen molar-refractivity contribution in [1.29, 1.82) is 0 Å². The van der Waals surface area contributed by atoms with Gasteiger partial charge in [0.2, 0.25) is 0 Å². The number of halogens is 2. The molecule has 0 aliphatic heterocycles. The highest BCUT2D eigenvalue weighted by atomic mass is 19.2. The van der Waals surface area contributed by atoms with E-state index >= 15 is 0 Å². The summed E-state index contributed by atoms with van der Waals surface area (Å²) in [6.07, 6.45) is 0.0468. The van der Waals surface area contributed by atoms with Gasteiger partial charge < -0.3 is 0 Å². The average molecular weight is 282 g/mol. The minimum absolute atomic E-state index is 0.0468. The Balaban J connectivity index is 1.91. The van der Waals surface area contributed by atoms with Gasteiger partial charge in [0, 0.05) is 6.42 Å². The van der Waals surface area contributed by atoms with Crippen LogP contribution in [0.3, 0.4) is 0 Å². The summed E-state index contributed by atoms with van der Waals surface area (Å²) in [5, 5.41) is 2.09. The van der Waals surface area contributed by atoms with Crippen molar-refractivity contribution in [2.24, 2.45) is 0 Å². The summed E-state index contributed by atoms with van der Waals surface area (Å²) in [7, 11) is 0. The van der Waals surface area contributed by atoms with Gasteiger partial charge in [-0.2, -0.15) is 0 Å². The SMILES string of the molecule is O=C(Cc1ccc2ccccc2c1)c1cccc(F)c1F. The third-order valence-electron chi connectivity index (χ3n) is 3.43. The van der Waals surface area contributed by atoms with Crippen molar-refractivity contribution in [3.05, 3.63) is 83.4 Å². The van der Waals surface area contributed by atoms with E-state index in [1.54, 1.807) is 0 Å². The number of Topliss-reactive ketones (excluding diaryl/α,β-unsaturated/α-hetero) is 1. The van der Waals surface area contributed by atoms with Crippen molar-refractivity contribution in [1.82, 2.24) is 0 Å². The van der Waals surface area contributed by atoms with E-state index in [2.05, 4.69) is 0 Å². The van der Waals surface area contributed by atoms with Crippen LogP contribution in [-0.4, -0.2) is 5.78 Å². The summed E-state index contributed by atoms with van der Waals surface area (Å²) in [5.41, 5.74) is 0.575. The molecule has 0 atom stereocenters. The second-order valence-corrected chi connectivity index (χ2v) is 4.88. The van der Waals surface area contributed by atoms with Gasteiger partial charge in [0.1, 0.15) is 0 Å². The van der Waals surface area contributed by atoms with Crippen molar-refractivity contribution in [3.8, 4) is 0 Å². The predicted octanol–water partition coefficient (Wildman–Crippen LogP) is 4.54.